The molecule has 0 saturated heterocycles. The molecule has 102 valence electrons. The average Bonchev–Trinajstić information content (AvgIpc) is 2.36. The topological polar surface area (TPSA) is 106 Å². The molecule has 0 heterocycles. The number of hydrogen-bond acceptors (Lipinski definition) is 4. The Labute approximate surface area is 104 Å². The second-order valence-corrected chi connectivity index (χ2v) is 2.45. The summed E-state index contributed by atoms with van der Waals surface area (Å²) in [6, 6.07) is 1.20. The smallest absolute Gasteiger partial charge is 0.338 e. The van der Waals surface area contributed by atoms with Gasteiger partial charge in [-0.1, -0.05) is 27.7 Å². The molecule has 6 nitrogen and oxygen atoms in total. The Balaban J connectivity index is 0. The second kappa shape index (κ2) is 8.91. The van der Waals surface area contributed by atoms with Crippen LogP contribution in [0.15, 0.2) is 12.1 Å². The number of anilines is 1. The average molecular weight is 260 g/mol. The summed E-state index contributed by atoms with van der Waals surface area (Å²) in [6.07, 6.45) is 0. The van der Waals surface area contributed by atoms with Crippen LogP contribution in [0.4, 0.5) is 15.8 Å². The molecule has 0 amide bonds. The van der Waals surface area contributed by atoms with Crippen LogP contribution >= 0.6 is 0 Å². The summed E-state index contributed by atoms with van der Waals surface area (Å²) >= 11 is 0. The number of nitrogens with two attached hydrogens (primary N) is 1. The van der Waals surface area contributed by atoms with Crippen LogP contribution in [0.2, 0.25) is 0 Å². The number of hydrogen-bond donors (Lipinski definition) is 2. The number of nitrogens with zero attached hydrogens (tertiary/aromatic N) is 1. The van der Waals surface area contributed by atoms with Gasteiger partial charge in [0.25, 0.3) is 5.69 Å². The van der Waals surface area contributed by atoms with Gasteiger partial charge in [-0.25, -0.2) is 9.18 Å². The van der Waals surface area contributed by atoms with E-state index < -0.39 is 33.6 Å². The quantitative estimate of drug-likeness (QED) is 0.482. The van der Waals surface area contributed by atoms with E-state index in [1.807, 2.05) is 27.7 Å². The predicted molar refractivity (Wildman–Crippen MR) is 67.1 cm³/mol. The molecule has 0 aliphatic carbocycles. The fraction of sp³-hybridized carbons (Fsp3) is 0.364. The normalized spacial score (nSPS) is 8.28. The van der Waals surface area contributed by atoms with E-state index in [1.165, 1.54) is 0 Å². The number of nitro groups is 1. The number of carboxylic acids is 1. The zero-order chi connectivity index (χ0) is 14.9. The first-order chi connectivity index (χ1) is 8.43. The fourth-order valence-electron chi connectivity index (χ4n) is 0.932. The van der Waals surface area contributed by atoms with Gasteiger partial charge in [0.15, 0.2) is 0 Å². The van der Waals surface area contributed by atoms with Gasteiger partial charge in [-0.3, -0.25) is 10.1 Å². The van der Waals surface area contributed by atoms with Crippen molar-refractivity contribution in [3.8, 4) is 0 Å². The summed E-state index contributed by atoms with van der Waals surface area (Å²) in [5.74, 6) is -2.52. The Morgan fingerprint density at radius 1 is 1.33 bits per heavy atom. The van der Waals surface area contributed by atoms with E-state index in [1.54, 1.807) is 0 Å². The lowest BCUT2D eigenvalue weighted by atomic mass is 10.1. The van der Waals surface area contributed by atoms with Crippen molar-refractivity contribution in [3.05, 3.63) is 33.6 Å². The van der Waals surface area contributed by atoms with Crippen molar-refractivity contribution < 1.29 is 19.2 Å². The monoisotopic (exact) mass is 260 g/mol. The van der Waals surface area contributed by atoms with Crippen LogP contribution in [0.1, 0.15) is 38.1 Å². The molecule has 0 fully saturated rings. The van der Waals surface area contributed by atoms with Crippen molar-refractivity contribution >= 4 is 17.3 Å². The Morgan fingerprint density at radius 3 is 2.11 bits per heavy atom. The van der Waals surface area contributed by atoms with Crippen molar-refractivity contribution in [2.75, 3.05) is 5.73 Å². The van der Waals surface area contributed by atoms with Gasteiger partial charge in [-0.2, -0.15) is 0 Å². The van der Waals surface area contributed by atoms with Gasteiger partial charge >= 0.3 is 5.97 Å². The van der Waals surface area contributed by atoms with E-state index in [0.717, 1.165) is 0 Å². The SMILES string of the molecule is CC.CC.Nc1c(C(=O)O)cc(F)cc1[N+](=O)[O-]. The first kappa shape index (κ1) is 18.2. The van der Waals surface area contributed by atoms with Crippen LogP contribution in [0.25, 0.3) is 0 Å². The van der Waals surface area contributed by atoms with E-state index in [4.69, 9.17) is 10.8 Å². The number of carboxylic acid groups (broad SMARTS) is 1. The Bertz CT molecular complexity index is 386. The zero-order valence-electron chi connectivity index (χ0n) is 10.7. The van der Waals surface area contributed by atoms with Crippen molar-refractivity contribution in [1.29, 1.82) is 0 Å². The highest BCUT2D eigenvalue weighted by molar-refractivity contribution is 5.96. The van der Waals surface area contributed by atoms with Gasteiger partial charge in [-0.15, -0.1) is 0 Å². The molecule has 1 rings (SSSR count). The zero-order valence-corrected chi connectivity index (χ0v) is 10.7. The highest BCUT2D eigenvalue weighted by atomic mass is 19.1. The molecule has 0 radical (unpaired) electrons. The van der Waals surface area contributed by atoms with Crippen LogP contribution in [-0.4, -0.2) is 16.0 Å². The van der Waals surface area contributed by atoms with Gasteiger partial charge < -0.3 is 10.8 Å². The number of rotatable bonds is 2. The molecule has 1 aromatic carbocycles. The summed E-state index contributed by atoms with van der Waals surface area (Å²) in [7, 11) is 0. The molecule has 0 bridgehead atoms. The first-order valence-corrected chi connectivity index (χ1v) is 5.40. The maximum Gasteiger partial charge on any atom is 0.338 e. The van der Waals surface area contributed by atoms with Crippen molar-refractivity contribution in [1.82, 2.24) is 0 Å². The molecule has 0 unspecified atom stereocenters. The fourth-order valence-corrected chi connectivity index (χ4v) is 0.932. The van der Waals surface area contributed by atoms with Gasteiger partial charge in [0, 0.05) is 0 Å². The highest BCUT2D eigenvalue weighted by Gasteiger charge is 2.20. The number of halogens is 1. The molecule has 7 heteroatoms. The molecule has 0 atom stereocenters. The predicted octanol–water partition coefficient (Wildman–Crippen LogP) is 3.07. The minimum Gasteiger partial charge on any atom is -0.478 e. The lowest BCUT2D eigenvalue weighted by Crippen LogP contribution is -2.06. The number of nitrogen functional groups attached to an aromatic ring is 1. The molecule has 0 aromatic heterocycles. The second-order valence-electron chi connectivity index (χ2n) is 2.45. The van der Waals surface area contributed by atoms with Gasteiger partial charge in [0.2, 0.25) is 0 Å². The molecular formula is C11H17FN2O4. The molecule has 0 aliphatic rings. The molecular weight excluding hydrogens is 243 g/mol. The third-order valence-corrected chi connectivity index (χ3v) is 1.55. The van der Waals surface area contributed by atoms with E-state index >= 15 is 0 Å². The number of nitro benzene ring substituents is 1. The standard InChI is InChI=1S/C7H5FN2O4.2C2H6/c8-3-1-4(7(11)12)6(9)5(2-3)10(13)14;2*1-2/h1-2H,9H2,(H,11,12);2*1-2H3. The molecule has 3 N–H and O–H groups in total. The van der Waals surface area contributed by atoms with Crippen molar-refractivity contribution in [2.24, 2.45) is 0 Å². The molecule has 1 aromatic rings. The Hall–Kier alpha value is -2.18. The third-order valence-electron chi connectivity index (χ3n) is 1.55. The number of carbonyl (C=O) groups is 1. The highest BCUT2D eigenvalue weighted by Crippen LogP contribution is 2.26. The summed E-state index contributed by atoms with van der Waals surface area (Å²) in [4.78, 5) is 19.9. The van der Waals surface area contributed by atoms with Crippen LogP contribution in [0, 0.1) is 15.9 Å². The number of aromatic carboxylic acids is 1. The van der Waals surface area contributed by atoms with E-state index in [0.29, 0.717) is 12.1 Å². The van der Waals surface area contributed by atoms with Gasteiger partial charge in [0.1, 0.15) is 11.5 Å². The number of benzene rings is 1. The van der Waals surface area contributed by atoms with Gasteiger partial charge in [0.05, 0.1) is 16.6 Å². The van der Waals surface area contributed by atoms with Crippen molar-refractivity contribution in [2.45, 2.75) is 27.7 Å². The summed E-state index contributed by atoms with van der Waals surface area (Å²) in [6.45, 7) is 8.00. The molecule has 18 heavy (non-hydrogen) atoms. The lowest BCUT2D eigenvalue weighted by Gasteiger charge is -2.01. The maximum absolute atomic E-state index is 12.7. The summed E-state index contributed by atoms with van der Waals surface area (Å²) in [5, 5.41) is 18.8. The first-order valence-electron chi connectivity index (χ1n) is 5.40. The van der Waals surface area contributed by atoms with Crippen LogP contribution < -0.4 is 5.73 Å². The lowest BCUT2D eigenvalue weighted by molar-refractivity contribution is -0.384. The van der Waals surface area contributed by atoms with Gasteiger partial charge in [-0.05, 0) is 6.07 Å². The Morgan fingerprint density at radius 2 is 1.78 bits per heavy atom. The third kappa shape index (κ3) is 4.77. The molecule has 0 aliphatic heterocycles. The summed E-state index contributed by atoms with van der Waals surface area (Å²) < 4.78 is 12.7. The largest absolute Gasteiger partial charge is 0.478 e. The van der Waals surface area contributed by atoms with E-state index in [2.05, 4.69) is 0 Å². The van der Waals surface area contributed by atoms with Crippen LogP contribution in [0.3, 0.4) is 0 Å². The minimum absolute atomic E-state index is 0.552. The molecule has 0 saturated carbocycles. The van der Waals surface area contributed by atoms with Crippen molar-refractivity contribution in [3.63, 3.8) is 0 Å². The Kier molecular flexibility index (Phi) is 9.01. The maximum atomic E-state index is 12.7. The summed E-state index contributed by atoms with van der Waals surface area (Å²) in [5.41, 5.74) is 3.25. The van der Waals surface area contributed by atoms with E-state index in [-0.39, 0.29) is 0 Å². The van der Waals surface area contributed by atoms with Crippen LogP contribution in [0.5, 0.6) is 0 Å². The molecule has 0 spiro atoms. The van der Waals surface area contributed by atoms with Crippen LogP contribution in [-0.2, 0) is 0 Å². The minimum atomic E-state index is -1.51. The van der Waals surface area contributed by atoms with E-state index in [9.17, 15) is 19.3 Å².